The van der Waals surface area contributed by atoms with E-state index >= 15 is 0 Å². The van der Waals surface area contributed by atoms with Gasteiger partial charge in [-0.15, -0.1) is 0 Å². The zero-order valence-electron chi connectivity index (χ0n) is 8.41. The van der Waals surface area contributed by atoms with Gasteiger partial charge in [0, 0.05) is 23.8 Å². The summed E-state index contributed by atoms with van der Waals surface area (Å²) in [4.78, 5) is 6.79. The number of rotatable bonds is 1. The second-order valence-corrected chi connectivity index (χ2v) is 4.94. The Morgan fingerprint density at radius 2 is 2.36 bits per heavy atom. The number of pyridine rings is 1. The topological polar surface area (TPSA) is 16.1 Å². The molecule has 1 aromatic heterocycles. The minimum Gasteiger partial charge on any atom is -0.356 e. The Labute approximate surface area is 93.5 Å². The van der Waals surface area contributed by atoms with Gasteiger partial charge in [0.2, 0.25) is 0 Å². The van der Waals surface area contributed by atoms with Crippen molar-refractivity contribution in [3.05, 3.63) is 22.8 Å². The summed E-state index contributed by atoms with van der Waals surface area (Å²) in [6.45, 7) is 4.61. The molecule has 1 saturated heterocycles. The van der Waals surface area contributed by atoms with Gasteiger partial charge in [-0.3, -0.25) is 0 Å². The van der Waals surface area contributed by atoms with Crippen molar-refractivity contribution in [2.75, 3.05) is 18.0 Å². The van der Waals surface area contributed by atoms with Crippen molar-refractivity contribution in [2.24, 2.45) is 5.92 Å². The zero-order chi connectivity index (χ0) is 9.97. The van der Waals surface area contributed by atoms with Crippen molar-refractivity contribution < 1.29 is 0 Å². The number of hydrogen-bond donors (Lipinski definition) is 0. The quantitative estimate of drug-likeness (QED) is 0.766. The maximum Gasteiger partial charge on any atom is 0.128 e. The molecule has 3 heteroatoms. The van der Waals surface area contributed by atoms with Crippen LogP contribution in [0.1, 0.15) is 19.8 Å². The summed E-state index contributed by atoms with van der Waals surface area (Å²) in [6.07, 6.45) is 4.51. The zero-order valence-corrected chi connectivity index (χ0v) is 10.00. The number of hydrogen-bond acceptors (Lipinski definition) is 2. The van der Waals surface area contributed by atoms with Crippen LogP contribution in [-0.2, 0) is 0 Å². The fourth-order valence-corrected chi connectivity index (χ4v) is 2.19. The minimum absolute atomic E-state index is 0.800. The van der Waals surface area contributed by atoms with Gasteiger partial charge in [-0.05, 0) is 46.8 Å². The summed E-state index contributed by atoms with van der Waals surface area (Å²) in [5.41, 5.74) is 0. The van der Waals surface area contributed by atoms with Crippen LogP contribution >= 0.6 is 15.9 Å². The lowest BCUT2D eigenvalue weighted by atomic mass is 10.0. The number of nitrogens with zero attached hydrogens (tertiary/aromatic N) is 2. The highest BCUT2D eigenvalue weighted by atomic mass is 79.9. The summed E-state index contributed by atoms with van der Waals surface area (Å²) in [7, 11) is 0. The van der Waals surface area contributed by atoms with Gasteiger partial charge in [-0.25, -0.2) is 4.98 Å². The third-order valence-corrected chi connectivity index (χ3v) is 3.16. The van der Waals surface area contributed by atoms with Crippen molar-refractivity contribution >= 4 is 21.7 Å². The maximum absolute atomic E-state index is 4.42. The van der Waals surface area contributed by atoms with Gasteiger partial charge in [0.15, 0.2) is 0 Å². The van der Waals surface area contributed by atoms with E-state index in [1.165, 1.54) is 12.8 Å². The maximum atomic E-state index is 4.42. The van der Waals surface area contributed by atoms with Crippen LogP contribution in [0.2, 0.25) is 0 Å². The normalized spacial score (nSPS) is 22.4. The number of aromatic nitrogens is 1. The molecule has 1 aromatic rings. The molecule has 0 aliphatic carbocycles. The molecule has 0 aromatic carbocycles. The molecule has 0 bridgehead atoms. The van der Waals surface area contributed by atoms with Crippen LogP contribution in [0, 0.1) is 5.92 Å². The molecule has 0 amide bonds. The average molecular weight is 255 g/mol. The Kier molecular flexibility index (Phi) is 3.06. The molecule has 1 aliphatic heterocycles. The highest BCUT2D eigenvalue weighted by Crippen LogP contribution is 2.21. The summed E-state index contributed by atoms with van der Waals surface area (Å²) >= 11 is 3.40. The Hall–Kier alpha value is -0.570. The molecule has 2 heterocycles. The largest absolute Gasteiger partial charge is 0.356 e. The smallest absolute Gasteiger partial charge is 0.128 e. The molecule has 1 atom stereocenters. The molecular weight excluding hydrogens is 240 g/mol. The van der Waals surface area contributed by atoms with Crippen molar-refractivity contribution in [1.82, 2.24) is 4.98 Å². The van der Waals surface area contributed by atoms with E-state index in [1.807, 2.05) is 6.20 Å². The lowest BCUT2D eigenvalue weighted by Gasteiger charge is -2.31. The van der Waals surface area contributed by atoms with E-state index in [-0.39, 0.29) is 0 Å². The van der Waals surface area contributed by atoms with Gasteiger partial charge in [-0.1, -0.05) is 6.92 Å². The van der Waals surface area contributed by atoms with Crippen molar-refractivity contribution in [3.63, 3.8) is 0 Å². The van der Waals surface area contributed by atoms with Gasteiger partial charge >= 0.3 is 0 Å². The van der Waals surface area contributed by atoms with Crippen LogP contribution in [0.5, 0.6) is 0 Å². The van der Waals surface area contributed by atoms with Gasteiger partial charge in [0.05, 0.1) is 0 Å². The molecule has 0 radical (unpaired) electrons. The van der Waals surface area contributed by atoms with E-state index < -0.39 is 0 Å². The van der Waals surface area contributed by atoms with Crippen LogP contribution in [0.3, 0.4) is 0 Å². The first-order chi connectivity index (χ1) is 6.75. The first kappa shape index (κ1) is 9.97. The summed E-state index contributed by atoms with van der Waals surface area (Å²) in [5, 5.41) is 0. The first-order valence-electron chi connectivity index (χ1n) is 5.12. The molecule has 0 N–H and O–H groups in total. The summed E-state index contributed by atoms with van der Waals surface area (Å²) < 4.78 is 1.05. The van der Waals surface area contributed by atoms with E-state index in [0.717, 1.165) is 29.3 Å². The van der Waals surface area contributed by atoms with Gasteiger partial charge in [0.1, 0.15) is 5.82 Å². The van der Waals surface area contributed by atoms with Crippen molar-refractivity contribution in [3.8, 4) is 0 Å². The Morgan fingerprint density at radius 3 is 3.00 bits per heavy atom. The molecule has 1 fully saturated rings. The lowest BCUT2D eigenvalue weighted by molar-refractivity contribution is 0.444. The highest BCUT2D eigenvalue weighted by molar-refractivity contribution is 9.10. The first-order valence-corrected chi connectivity index (χ1v) is 5.91. The van der Waals surface area contributed by atoms with Gasteiger partial charge in [0.25, 0.3) is 0 Å². The molecule has 76 valence electrons. The van der Waals surface area contributed by atoms with Crippen molar-refractivity contribution in [2.45, 2.75) is 19.8 Å². The van der Waals surface area contributed by atoms with Gasteiger partial charge in [-0.2, -0.15) is 0 Å². The minimum atomic E-state index is 0.800. The second kappa shape index (κ2) is 4.30. The summed E-state index contributed by atoms with van der Waals surface area (Å²) in [5.74, 6) is 1.91. The van der Waals surface area contributed by atoms with Crippen molar-refractivity contribution in [1.29, 1.82) is 0 Å². The Morgan fingerprint density at radius 1 is 1.50 bits per heavy atom. The monoisotopic (exact) mass is 254 g/mol. The predicted octanol–water partition coefficient (Wildman–Crippen LogP) is 3.08. The van der Waals surface area contributed by atoms with Crippen LogP contribution in [0.15, 0.2) is 22.8 Å². The summed E-state index contributed by atoms with van der Waals surface area (Å²) in [6, 6.07) is 4.14. The molecular formula is C11H15BrN2. The van der Waals surface area contributed by atoms with E-state index in [1.54, 1.807) is 0 Å². The molecule has 2 nitrogen and oxygen atoms in total. The standard InChI is InChI=1S/C11H15BrN2/c1-9-3-2-6-14(8-9)11-5-4-10(12)7-13-11/h4-5,7,9H,2-3,6,8H2,1H3. The van der Waals surface area contributed by atoms with Crippen LogP contribution in [-0.4, -0.2) is 18.1 Å². The van der Waals surface area contributed by atoms with E-state index in [4.69, 9.17) is 0 Å². The predicted molar refractivity (Wildman–Crippen MR) is 62.5 cm³/mol. The van der Waals surface area contributed by atoms with Crippen LogP contribution in [0.4, 0.5) is 5.82 Å². The second-order valence-electron chi connectivity index (χ2n) is 4.03. The Bertz CT molecular complexity index is 297. The fraction of sp³-hybridized carbons (Fsp3) is 0.545. The number of anilines is 1. The Balaban J connectivity index is 2.10. The fourth-order valence-electron chi connectivity index (χ4n) is 1.95. The SMILES string of the molecule is CC1CCCN(c2ccc(Br)cn2)C1. The van der Waals surface area contributed by atoms with E-state index in [2.05, 4.69) is 44.9 Å². The molecule has 14 heavy (non-hydrogen) atoms. The molecule has 0 spiro atoms. The molecule has 2 rings (SSSR count). The molecule has 1 unspecified atom stereocenters. The third-order valence-electron chi connectivity index (χ3n) is 2.69. The number of halogens is 1. The van der Waals surface area contributed by atoms with E-state index in [0.29, 0.717) is 0 Å². The van der Waals surface area contributed by atoms with E-state index in [9.17, 15) is 0 Å². The lowest BCUT2D eigenvalue weighted by Crippen LogP contribution is -2.34. The third kappa shape index (κ3) is 2.27. The molecule has 1 aliphatic rings. The average Bonchev–Trinajstić information content (AvgIpc) is 2.19. The van der Waals surface area contributed by atoms with Gasteiger partial charge < -0.3 is 4.90 Å². The number of piperidine rings is 1. The van der Waals surface area contributed by atoms with Crippen LogP contribution < -0.4 is 4.90 Å². The highest BCUT2D eigenvalue weighted by Gasteiger charge is 2.16. The molecule has 0 saturated carbocycles. The van der Waals surface area contributed by atoms with Crippen LogP contribution in [0.25, 0.3) is 0 Å².